The molecular formula is C10H14ClN. The van der Waals surface area contributed by atoms with Crippen LogP contribution in [0.25, 0.3) is 0 Å². The number of alkyl halides is 1. The molecule has 0 saturated heterocycles. The van der Waals surface area contributed by atoms with Crippen LogP contribution < -0.4 is 0 Å². The molecule has 0 aromatic rings. The number of hydrogen-bond donors (Lipinski definition) is 0. The highest BCUT2D eigenvalue weighted by Crippen LogP contribution is 2.64. The van der Waals surface area contributed by atoms with Crippen LogP contribution in [0.3, 0.4) is 0 Å². The number of rotatable bonds is 0. The number of nitrogens with zero attached hydrogens (tertiary/aromatic N) is 1. The van der Waals surface area contributed by atoms with Gasteiger partial charge in [0, 0.05) is 0 Å². The van der Waals surface area contributed by atoms with E-state index in [-0.39, 0.29) is 0 Å². The molecule has 3 rings (SSSR count). The van der Waals surface area contributed by atoms with Gasteiger partial charge < -0.3 is 0 Å². The van der Waals surface area contributed by atoms with E-state index in [2.05, 4.69) is 19.9 Å². The first-order valence-electron chi connectivity index (χ1n) is 4.61. The molecule has 3 aliphatic carbocycles. The lowest BCUT2D eigenvalue weighted by molar-refractivity contribution is -0.0782. The molecule has 0 N–H and O–H groups in total. The number of hydrogen-bond acceptors (Lipinski definition) is 1. The fourth-order valence-corrected chi connectivity index (χ4v) is 3.45. The van der Waals surface area contributed by atoms with Crippen molar-refractivity contribution in [3.8, 4) is 6.07 Å². The van der Waals surface area contributed by atoms with Crippen molar-refractivity contribution < 1.29 is 0 Å². The maximum atomic E-state index is 9.00. The fourth-order valence-electron chi connectivity index (χ4n) is 2.97. The van der Waals surface area contributed by atoms with Gasteiger partial charge in [-0.1, -0.05) is 13.8 Å². The largest absolute Gasteiger partial charge is 0.196 e. The maximum absolute atomic E-state index is 9.00. The molecule has 3 unspecified atom stereocenters. The molecule has 2 bridgehead atoms. The minimum Gasteiger partial charge on any atom is -0.196 e. The molecule has 3 fully saturated rings. The van der Waals surface area contributed by atoms with Crippen molar-refractivity contribution in [2.45, 2.75) is 38.0 Å². The summed E-state index contributed by atoms with van der Waals surface area (Å²) >= 11 is 6.27. The van der Waals surface area contributed by atoms with Gasteiger partial charge in [-0.2, -0.15) is 5.26 Å². The van der Waals surface area contributed by atoms with Crippen LogP contribution >= 0.6 is 11.6 Å². The van der Waals surface area contributed by atoms with Gasteiger partial charge in [-0.15, -0.1) is 11.6 Å². The standard InChI is InChI=1S/C10H14ClN/c1-9(2)7-3-4-10(11,6-12)8(9)5-7/h7-8H,3-5H2,1-2H3. The number of nitriles is 1. The first kappa shape index (κ1) is 8.38. The second-order valence-corrected chi connectivity index (χ2v) is 5.49. The van der Waals surface area contributed by atoms with E-state index in [0.29, 0.717) is 11.3 Å². The molecule has 1 nitrogen and oxygen atoms in total. The Morgan fingerprint density at radius 1 is 1.50 bits per heavy atom. The van der Waals surface area contributed by atoms with Gasteiger partial charge >= 0.3 is 0 Å². The fraction of sp³-hybridized carbons (Fsp3) is 0.900. The summed E-state index contributed by atoms with van der Waals surface area (Å²) in [6.45, 7) is 4.50. The predicted octanol–water partition coefficient (Wildman–Crippen LogP) is 2.94. The molecule has 3 aliphatic rings. The molecule has 66 valence electrons. The van der Waals surface area contributed by atoms with E-state index in [4.69, 9.17) is 16.9 Å². The van der Waals surface area contributed by atoms with Crippen molar-refractivity contribution in [3.05, 3.63) is 0 Å². The molecule has 0 aliphatic heterocycles. The minimum atomic E-state index is -0.543. The van der Waals surface area contributed by atoms with Crippen LogP contribution in [0.1, 0.15) is 33.1 Å². The Morgan fingerprint density at radius 2 is 2.17 bits per heavy atom. The Morgan fingerprint density at radius 3 is 2.50 bits per heavy atom. The summed E-state index contributed by atoms with van der Waals surface area (Å²) in [6, 6.07) is 2.29. The number of halogens is 1. The molecule has 0 spiro atoms. The SMILES string of the molecule is CC1(C)C2CCC(Cl)(C#N)C1C2. The lowest BCUT2D eigenvalue weighted by Crippen LogP contribution is -2.58. The highest BCUT2D eigenvalue weighted by molar-refractivity contribution is 6.26. The number of fused-ring (bicyclic) bond motifs is 2. The predicted molar refractivity (Wildman–Crippen MR) is 48.8 cm³/mol. The Kier molecular flexibility index (Phi) is 1.52. The first-order valence-corrected chi connectivity index (χ1v) is 4.98. The highest BCUT2D eigenvalue weighted by Gasteiger charge is 2.60. The highest BCUT2D eigenvalue weighted by atomic mass is 35.5. The van der Waals surface area contributed by atoms with E-state index in [1.54, 1.807) is 0 Å². The van der Waals surface area contributed by atoms with E-state index < -0.39 is 4.87 Å². The van der Waals surface area contributed by atoms with Crippen molar-refractivity contribution >= 4 is 11.6 Å². The molecule has 0 aromatic heterocycles. The summed E-state index contributed by atoms with van der Waals surface area (Å²) in [6.07, 6.45) is 3.20. The van der Waals surface area contributed by atoms with Crippen molar-refractivity contribution in [1.29, 1.82) is 5.26 Å². The third-order valence-corrected chi connectivity index (χ3v) is 4.60. The van der Waals surface area contributed by atoms with Gasteiger partial charge in [0.1, 0.15) is 4.87 Å². The normalized spacial score (nSPS) is 49.2. The summed E-state index contributed by atoms with van der Waals surface area (Å²) in [5.41, 5.74) is 0.315. The average Bonchev–Trinajstić information content (AvgIpc) is 2.04. The monoisotopic (exact) mass is 183 g/mol. The molecule has 0 amide bonds. The van der Waals surface area contributed by atoms with Gasteiger partial charge in [0.15, 0.2) is 0 Å². The van der Waals surface area contributed by atoms with Crippen LogP contribution in [0.15, 0.2) is 0 Å². The first-order chi connectivity index (χ1) is 5.50. The summed E-state index contributed by atoms with van der Waals surface area (Å²) < 4.78 is 0. The van der Waals surface area contributed by atoms with Gasteiger partial charge in [0.2, 0.25) is 0 Å². The lowest BCUT2D eigenvalue weighted by Gasteiger charge is -2.61. The molecule has 3 saturated carbocycles. The molecule has 0 radical (unpaired) electrons. The average molecular weight is 184 g/mol. The lowest BCUT2D eigenvalue weighted by atomic mass is 9.45. The van der Waals surface area contributed by atoms with E-state index in [0.717, 1.165) is 18.8 Å². The third kappa shape index (κ3) is 0.796. The minimum absolute atomic E-state index is 0.315. The second-order valence-electron chi connectivity index (χ2n) is 4.82. The molecule has 12 heavy (non-hydrogen) atoms. The van der Waals surface area contributed by atoms with Gasteiger partial charge in [0.25, 0.3) is 0 Å². The zero-order valence-electron chi connectivity index (χ0n) is 7.60. The summed E-state index contributed by atoms with van der Waals surface area (Å²) in [4.78, 5) is -0.543. The Bertz CT molecular complexity index is 251. The van der Waals surface area contributed by atoms with Crippen molar-refractivity contribution in [1.82, 2.24) is 0 Å². The van der Waals surface area contributed by atoms with E-state index in [1.807, 2.05) is 0 Å². The van der Waals surface area contributed by atoms with Crippen LogP contribution in [0.4, 0.5) is 0 Å². The molecule has 2 heteroatoms. The van der Waals surface area contributed by atoms with Crippen molar-refractivity contribution in [2.75, 3.05) is 0 Å². The van der Waals surface area contributed by atoms with E-state index in [1.165, 1.54) is 6.42 Å². The van der Waals surface area contributed by atoms with Gasteiger partial charge in [-0.05, 0) is 36.5 Å². The van der Waals surface area contributed by atoms with Crippen molar-refractivity contribution in [2.24, 2.45) is 17.3 Å². The van der Waals surface area contributed by atoms with Gasteiger partial charge in [0.05, 0.1) is 6.07 Å². The van der Waals surface area contributed by atoms with Gasteiger partial charge in [-0.3, -0.25) is 0 Å². The summed E-state index contributed by atoms with van der Waals surface area (Å²) in [7, 11) is 0. The van der Waals surface area contributed by atoms with E-state index in [9.17, 15) is 0 Å². The second kappa shape index (κ2) is 2.17. The zero-order chi connectivity index (χ0) is 8.98. The smallest absolute Gasteiger partial charge is 0.134 e. The van der Waals surface area contributed by atoms with Crippen LogP contribution in [0.2, 0.25) is 0 Å². The molecule has 0 heterocycles. The Hall–Kier alpha value is -0.220. The molecule has 3 atom stereocenters. The molecular weight excluding hydrogens is 170 g/mol. The van der Waals surface area contributed by atoms with Crippen LogP contribution in [-0.4, -0.2) is 4.87 Å². The third-order valence-electron chi connectivity index (χ3n) is 4.07. The summed E-state index contributed by atoms with van der Waals surface area (Å²) in [5, 5.41) is 9.00. The summed E-state index contributed by atoms with van der Waals surface area (Å²) in [5.74, 6) is 1.25. The van der Waals surface area contributed by atoms with Crippen LogP contribution in [0, 0.1) is 28.6 Å². The van der Waals surface area contributed by atoms with E-state index >= 15 is 0 Å². The Labute approximate surface area is 78.7 Å². The zero-order valence-corrected chi connectivity index (χ0v) is 8.36. The maximum Gasteiger partial charge on any atom is 0.134 e. The van der Waals surface area contributed by atoms with Crippen molar-refractivity contribution in [3.63, 3.8) is 0 Å². The topological polar surface area (TPSA) is 23.8 Å². The van der Waals surface area contributed by atoms with Crippen LogP contribution in [0.5, 0.6) is 0 Å². The van der Waals surface area contributed by atoms with Gasteiger partial charge in [-0.25, -0.2) is 0 Å². The quantitative estimate of drug-likeness (QED) is 0.530. The van der Waals surface area contributed by atoms with Crippen LogP contribution in [-0.2, 0) is 0 Å². The Balaban J connectivity index is 2.29. The molecule has 0 aromatic carbocycles.